The molecule has 5 rings (SSSR count). The van der Waals surface area contributed by atoms with Gasteiger partial charge < -0.3 is 14.1 Å². The Kier molecular flexibility index (Phi) is 3.38. The lowest BCUT2D eigenvalue weighted by molar-refractivity contribution is 0.137. The highest BCUT2D eigenvalue weighted by molar-refractivity contribution is 9.10. The van der Waals surface area contributed by atoms with Crippen molar-refractivity contribution >= 4 is 32.5 Å². The highest BCUT2D eigenvalue weighted by atomic mass is 79.9. The number of rotatable bonds is 1. The second kappa shape index (κ2) is 5.63. The van der Waals surface area contributed by atoms with Crippen LogP contribution in [0, 0.1) is 5.92 Å². The first-order chi connectivity index (χ1) is 12.2. The van der Waals surface area contributed by atoms with Gasteiger partial charge >= 0.3 is 0 Å². The summed E-state index contributed by atoms with van der Waals surface area (Å²) < 4.78 is 9.32. The standard InChI is InChI=1S/C20H17BrN2O2/c1-23-9-16(14-4-2-3-5-17(14)23)19-15-8-13(21)6-7-18(15)24-10-12-11-25-22-20(12)19/h2-9,12,19H,10-11H2,1H3/t12-,19-/m1/s1. The van der Waals surface area contributed by atoms with Crippen molar-refractivity contribution in [3.05, 3.63) is 64.3 Å². The summed E-state index contributed by atoms with van der Waals surface area (Å²) >= 11 is 3.61. The minimum absolute atomic E-state index is 0.0357. The number of ether oxygens (including phenoxy) is 1. The summed E-state index contributed by atoms with van der Waals surface area (Å²) in [5, 5.41) is 5.68. The van der Waals surface area contributed by atoms with E-state index >= 15 is 0 Å². The van der Waals surface area contributed by atoms with Crippen LogP contribution in [0.15, 0.2) is 58.3 Å². The van der Waals surface area contributed by atoms with Gasteiger partial charge in [0.1, 0.15) is 12.4 Å². The van der Waals surface area contributed by atoms with E-state index in [0.717, 1.165) is 21.5 Å². The molecule has 0 saturated heterocycles. The van der Waals surface area contributed by atoms with Crippen LogP contribution in [0.2, 0.25) is 0 Å². The lowest BCUT2D eigenvalue weighted by Crippen LogP contribution is -2.23. The second-order valence-corrected chi connectivity index (χ2v) is 7.56. The second-order valence-electron chi connectivity index (χ2n) is 6.65. The molecule has 0 N–H and O–H groups in total. The molecule has 126 valence electrons. The molecular weight excluding hydrogens is 380 g/mol. The number of hydrogen-bond acceptors (Lipinski definition) is 3. The Hall–Kier alpha value is -2.27. The van der Waals surface area contributed by atoms with Gasteiger partial charge in [0, 0.05) is 34.2 Å². The lowest BCUT2D eigenvalue weighted by atomic mass is 9.82. The maximum Gasteiger partial charge on any atom is 0.128 e. The Morgan fingerprint density at radius 3 is 2.92 bits per heavy atom. The number of fused-ring (bicyclic) bond motifs is 3. The van der Waals surface area contributed by atoms with E-state index < -0.39 is 0 Å². The number of aromatic nitrogens is 1. The van der Waals surface area contributed by atoms with Crippen molar-refractivity contribution in [2.45, 2.75) is 5.92 Å². The smallest absolute Gasteiger partial charge is 0.128 e. The number of oxime groups is 1. The fourth-order valence-corrected chi connectivity index (χ4v) is 4.32. The summed E-state index contributed by atoms with van der Waals surface area (Å²) in [4.78, 5) is 5.45. The number of hydrogen-bond donors (Lipinski definition) is 0. The average Bonchev–Trinajstić information content (AvgIpc) is 3.17. The van der Waals surface area contributed by atoms with Crippen molar-refractivity contribution in [2.24, 2.45) is 18.1 Å². The van der Waals surface area contributed by atoms with Crippen molar-refractivity contribution in [2.75, 3.05) is 13.2 Å². The summed E-state index contributed by atoms with van der Waals surface area (Å²) in [5.41, 5.74) is 4.66. The van der Waals surface area contributed by atoms with E-state index in [1.807, 2.05) is 12.1 Å². The molecule has 0 bridgehead atoms. The van der Waals surface area contributed by atoms with E-state index in [4.69, 9.17) is 9.57 Å². The molecule has 25 heavy (non-hydrogen) atoms. The maximum atomic E-state index is 6.10. The van der Waals surface area contributed by atoms with E-state index in [1.54, 1.807) is 0 Å². The summed E-state index contributed by atoms with van der Waals surface area (Å²) in [6.07, 6.45) is 2.21. The molecule has 0 fully saturated rings. The first-order valence-corrected chi connectivity index (χ1v) is 9.17. The van der Waals surface area contributed by atoms with E-state index in [9.17, 15) is 0 Å². The van der Waals surface area contributed by atoms with Gasteiger partial charge in [0.15, 0.2) is 0 Å². The molecule has 1 aromatic heterocycles. The molecule has 3 aromatic rings. The molecule has 4 nitrogen and oxygen atoms in total. The Labute approximate surface area is 154 Å². The molecule has 2 aliphatic heterocycles. The molecule has 2 aromatic carbocycles. The van der Waals surface area contributed by atoms with Crippen LogP contribution in [0.1, 0.15) is 17.0 Å². The van der Waals surface area contributed by atoms with Gasteiger partial charge in [0.05, 0.1) is 24.2 Å². The zero-order valence-electron chi connectivity index (χ0n) is 13.8. The average molecular weight is 397 g/mol. The topological polar surface area (TPSA) is 35.8 Å². The molecule has 0 aliphatic carbocycles. The van der Waals surface area contributed by atoms with Gasteiger partial charge in [0.25, 0.3) is 0 Å². The highest BCUT2D eigenvalue weighted by Gasteiger charge is 2.38. The molecule has 0 saturated carbocycles. The van der Waals surface area contributed by atoms with E-state index in [-0.39, 0.29) is 11.8 Å². The predicted molar refractivity (Wildman–Crippen MR) is 101 cm³/mol. The van der Waals surface area contributed by atoms with E-state index in [0.29, 0.717) is 13.2 Å². The van der Waals surface area contributed by atoms with Gasteiger partial charge in [-0.25, -0.2) is 0 Å². The summed E-state index contributed by atoms with van der Waals surface area (Å²) in [5.74, 6) is 1.15. The SMILES string of the molecule is Cn1cc([C@@H]2C3=NOC[C@H]3COc3ccc(Br)cc32)c2ccccc21. The maximum absolute atomic E-state index is 6.10. The van der Waals surface area contributed by atoms with Gasteiger partial charge in [-0.15, -0.1) is 0 Å². The molecule has 0 amide bonds. The zero-order valence-corrected chi connectivity index (χ0v) is 15.4. The van der Waals surface area contributed by atoms with Gasteiger partial charge in [-0.3, -0.25) is 0 Å². The highest BCUT2D eigenvalue weighted by Crippen LogP contribution is 2.43. The van der Waals surface area contributed by atoms with Crippen molar-refractivity contribution < 1.29 is 9.57 Å². The van der Waals surface area contributed by atoms with Crippen LogP contribution in [-0.4, -0.2) is 23.5 Å². The number of halogens is 1. The summed E-state index contributed by atoms with van der Waals surface area (Å²) in [6.45, 7) is 1.19. The zero-order chi connectivity index (χ0) is 17.0. The fraction of sp³-hybridized carbons (Fsp3) is 0.250. The first-order valence-electron chi connectivity index (χ1n) is 8.38. The van der Waals surface area contributed by atoms with Crippen LogP contribution in [0.3, 0.4) is 0 Å². The van der Waals surface area contributed by atoms with E-state index in [2.05, 4.69) is 69.2 Å². The Bertz CT molecular complexity index is 1010. The van der Waals surface area contributed by atoms with Crippen LogP contribution in [0.5, 0.6) is 5.75 Å². The van der Waals surface area contributed by atoms with E-state index in [1.165, 1.54) is 16.5 Å². The third-order valence-electron chi connectivity index (χ3n) is 5.12. The number of nitrogens with zero attached hydrogens (tertiary/aromatic N) is 2. The van der Waals surface area contributed by atoms with Gasteiger partial charge in [-0.2, -0.15) is 0 Å². The monoisotopic (exact) mass is 396 g/mol. The van der Waals surface area contributed by atoms with Crippen LogP contribution in [-0.2, 0) is 11.9 Å². The van der Waals surface area contributed by atoms with Crippen LogP contribution < -0.4 is 4.74 Å². The molecule has 2 aliphatic rings. The normalized spacial score (nSPS) is 21.8. The van der Waals surface area contributed by atoms with Crippen LogP contribution in [0.4, 0.5) is 0 Å². The fourth-order valence-electron chi connectivity index (χ4n) is 3.94. The number of aryl methyl sites for hydroxylation is 1. The molecule has 2 atom stereocenters. The molecule has 0 unspecified atom stereocenters. The Morgan fingerprint density at radius 1 is 1.12 bits per heavy atom. The molecule has 0 radical (unpaired) electrons. The third-order valence-corrected chi connectivity index (χ3v) is 5.61. The molecule has 3 heterocycles. The number of benzene rings is 2. The van der Waals surface area contributed by atoms with Gasteiger partial charge in [0.2, 0.25) is 0 Å². The minimum Gasteiger partial charge on any atom is -0.492 e. The van der Waals surface area contributed by atoms with Crippen LogP contribution in [0.25, 0.3) is 10.9 Å². The van der Waals surface area contributed by atoms with Crippen molar-refractivity contribution in [3.8, 4) is 5.75 Å². The van der Waals surface area contributed by atoms with Crippen molar-refractivity contribution in [3.63, 3.8) is 0 Å². The van der Waals surface area contributed by atoms with Crippen molar-refractivity contribution in [1.29, 1.82) is 0 Å². The Balaban J connectivity index is 1.80. The molecule has 5 heteroatoms. The van der Waals surface area contributed by atoms with Gasteiger partial charge in [-0.05, 0) is 29.8 Å². The lowest BCUT2D eigenvalue weighted by Gasteiger charge is -2.18. The predicted octanol–water partition coefficient (Wildman–Crippen LogP) is 4.47. The first kappa shape index (κ1) is 15.0. The Morgan fingerprint density at radius 2 is 2.00 bits per heavy atom. The quantitative estimate of drug-likeness (QED) is 0.608. The molecular formula is C20H17BrN2O2. The largest absolute Gasteiger partial charge is 0.492 e. The van der Waals surface area contributed by atoms with Gasteiger partial charge in [-0.1, -0.05) is 39.3 Å². The third kappa shape index (κ3) is 2.29. The summed E-state index contributed by atoms with van der Waals surface area (Å²) in [6, 6.07) is 14.7. The van der Waals surface area contributed by atoms with Crippen molar-refractivity contribution in [1.82, 2.24) is 4.57 Å². The summed E-state index contributed by atoms with van der Waals surface area (Å²) in [7, 11) is 2.09. The van der Waals surface area contributed by atoms with Crippen LogP contribution >= 0.6 is 15.9 Å². The molecule has 0 spiro atoms. The number of para-hydroxylation sites is 1. The minimum atomic E-state index is 0.0357.